The van der Waals surface area contributed by atoms with E-state index in [1.165, 1.54) is 31.2 Å². The Morgan fingerprint density at radius 1 is 1.30 bits per heavy atom. The summed E-state index contributed by atoms with van der Waals surface area (Å²) in [5.74, 6) is 1.86. The van der Waals surface area contributed by atoms with Gasteiger partial charge in [0.2, 0.25) is 5.91 Å². The summed E-state index contributed by atoms with van der Waals surface area (Å²) in [6, 6.07) is 2.56. The van der Waals surface area contributed by atoms with Gasteiger partial charge in [0.1, 0.15) is 5.82 Å². The van der Waals surface area contributed by atoms with E-state index in [-0.39, 0.29) is 5.91 Å². The van der Waals surface area contributed by atoms with E-state index in [1.807, 2.05) is 6.20 Å². The lowest BCUT2D eigenvalue weighted by Crippen LogP contribution is -2.38. The number of nitrogens with one attached hydrogen (secondary N) is 1. The van der Waals surface area contributed by atoms with Crippen LogP contribution in [0.15, 0.2) is 16.7 Å². The number of aryl methyl sites for hydroxylation is 1. The minimum Gasteiger partial charge on any atom is -0.356 e. The number of amides is 1. The third kappa shape index (κ3) is 4.46. The van der Waals surface area contributed by atoms with Gasteiger partial charge >= 0.3 is 0 Å². The first kappa shape index (κ1) is 16.7. The molecule has 2 heterocycles. The van der Waals surface area contributed by atoms with Crippen LogP contribution in [-0.4, -0.2) is 30.0 Å². The molecule has 1 saturated heterocycles. The average molecular weight is 380 g/mol. The fourth-order valence-corrected chi connectivity index (χ4v) is 4.28. The molecular formula is C18H26BrN3O. The fraction of sp³-hybridized carbons (Fsp3) is 0.667. The number of piperidine rings is 1. The highest BCUT2D eigenvalue weighted by atomic mass is 79.9. The van der Waals surface area contributed by atoms with E-state index >= 15 is 0 Å². The topological polar surface area (TPSA) is 45.2 Å². The number of hydrogen-bond acceptors (Lipinski definition) is 3. The number of carbonyl (C=O) groups excluding carboxylic acids is 1. The lowest BCUT2D eigenvalue weighted by Gasteiger charge is -2.33. The molecular weight excluding hydrogens is 354 g/mol. The maximum Gasteiger partial charge on any atom is 0.220 e. The second kappa shape index (κ2) is 7.65. The van der Waals surface area contributed by atoms with Crippen molar-refractivity contribution in [3.05, 3.63) is 22.3 Å². The first-order chi connectivity index (χ1) is 11.1. The molecule has 0 aromatic carbocycles. The van der Waals surface area contributed by atoms with Crippen LogP contribution in [0.1, 0.15) is 50.5 Å². The Morgan fingerprint density at radius 2 is 2.00 bits per heavy atom. The fourth-order valence-electron chi connectivity index (χ4n) is 3.83. The number of halogens is 1. The summed E-state index contributed by atoms with van der Waals surface area (Å²) < 4.78 is 1.03. The Hall–Kier alpha value is -1.10. The van der Waals surface area contributed by atoms with E-state index in [1.54, 1.807) is 0 Å². The zero-order chi connectivity index (χ0) is 16.2. The van der Waals surface area contributed by atoms with Crippen LogP contribution in [0.2, 0.25) is 0 Å². The zero-order valence-corrected chi connectivity index (χ0v) is 15.4. The van der Waals surface area contributed by atoms with Gasteiger partial charge in [0, 0.05) is 36.2 Å². The lowest BCUT2D eigenvalue weighted by molar-refractivity contribution is -0.122. The maximum atomic E-state index is 12.2. The Kier molecular flexibility index (Phi) is 5.57. The Balaban J connectivity index is 1.47. The minimum absolute atomic E-state index is 0.258. The Bertz CT molecular complexity index is 549. The Labute approximate surface area is 147 Å². The highest BCUT2D eigenvalue weighted by Crippen LogP contribution is 2.27. The van der Waals surface area contributed by atoms with E-state index in [0.717, 1.165) is 36.2 Å². The van der Waals surface area contributed by atoms with Gasteiger partial charge in [0.15, 0.2) is 0 Å². The first-order valence-electron chi connectivity index (χ1n) is 8.78. The van der Waals surface area contributed by atoms with Crippen molar-refractivity contribution in [2.24, 2.45) is 5.92 Å². The molecule has 23 heavy (non-hydrogen) atoms. The van der Waals surface area contributed by atoms with E-state index in [2.05, 4.69) is 44.1 Å². The number of rotatable bonds is 4. The predicted octanol–water partition coefficient (Wildman–Crippen LogP) is 3.82. The van der Waals surface area contributed by atoms with Crippen molar-refractivity contribution in [1.29, 1.82) is 0 Å². The third-order valence-electron chi connectivity index (χ3n) is 5.13. The molecule has 4 nitrogen and oxygen atoms in total. The molecule has 0 bridgehead atoms. The van der Waals surface area contributed by atoms with Crippen LogP contribution in [0, 0.1) is 12.8 Å². The van der Waals surface area contributed by atoms with Crippen molar-refractivity contribution < 1.29 is 4.79 Å². The van der Waals surface area contributed by atoms with Gasteiger partial charge in [-0.3, -0.25) is 4.79 Å². The van der Waals surface area contributed by atoms with Crippen molar-refractivity contribution in [3.8, 4) is 0 Å². The molecule has 1 aliphatic heterocycles. The molecule has 0 radical (unpaired) electrons. The summed E-state index contributed by atoms with van der Waals surface area (Å²) in [6.07, 6.45) is 9.58. The van der Waals surface area contributed by atoms with Crippen molar-refractivity contribution in [2.45, 2.75) is 57.9 Å². The zero-order valence-electron chi connectivity index (χ0n) is 13.9. The molecule has 1 aliphatic carbocycles. The molecule has 0 atom stereocenters. The van der Waals surface area contributed by atoms with Gasteiger partial charge in [0.05, 0.1) is 0 Å². The lowest BCUT2D eigenvalue weighted by atomic mass is 9.93. The summed E-state index contributed by atoms with van der Waals surface area (Å²) in [7, 11) is 0. The second-order valence-electron chi connectivity index (χ2n) is 6.98. The first-order valence-corrected chi connectivity index (χ1v) is 9.57. The van der Waals surface area contributed by atoms with Gasteiger partial charge in [-0.25, -0.2) is 4.98 Å². The number of hydrogen-bond donors (Lipinski definition) is 1. The third-order valence-corrected chi connectivity index (χ3v) is 5.56. The Morgan fingerprint density at radius 3 is 2.65 bits per heavy atom. The van der Waals surface area contributed by atoms with Crippen molar-refractivity contribution >= 4 is 27.7 Å². The van der Waals surface area contributed by atoms with Crippen LogP contribution in [0.5, 0.6) is 0 Å². The summed E-state index contributed by atoms with van der Waals surface area (Å²) >= 11 is 3.47. The van der Waals surface area contributed by atoms with Gasteiger partial charge in [-0.2, -0.15) is 0 Å². The highest BCUT2D eigenvalue weighted by molar-refractivity contribution is 9.10. The molecule has 1 amide bonds. The molecule has 0 spiro atoms. The molecule has 3 rings (SSSR count). The molecule has 0 unspecified atom stereocenters. The molecule has 1 aromatic heterocycles. The maximum absolute atomic E-state index is 12.2. The SMILES string of the molecule is Cc1cc(Br)cnc1N1CCC(CC(=O)NC2CCCC2)CC1. The summed E-state index contributed by atoms with van der Waals surface area (Å²) in [6.45, 7) is 4.10. The quantitative estimate of drug-likeness (QED) is 0.864. The summed E-state index contributed by atoms with van der Waals surface area (Å²) in [5.41, 5.74) is 1.21. The van der Waals surface area contributed by atoms with Crippen LogP contribution in [0.4, 0.5) is 5.82 Å². The van der Waals surface area contributed by atoms with Gasteiger partial charge in [-0.1, -0.05) is 12.8 Å². The van der Waals surface area contributed by atoms with Crippen LogP contribution in [0.25, 0.3) is 0 Å². The monoisotopic (exact) mass is 379 g/mol. The van der Waals surface area contributed by atoms with E-state index in [9.17, 15) is 4.79 Å². The van der Waals surface area contributed by atoms with Crippen molar-refractivity contribution in [3.63, 3.8) is 0 Å². The minimum atomic E-state index is 0.258. The number of pyridine rings is 1. The summed E-state index contributed by atoms with van der Waals surface area (Å²) in [5, 5.41) is 3.21. The number of anilines is 1. The van der Waals surface area contributed by atoms with Crippen molar-refractivity contribution in [2.75, 3.05) is 18.0 Å². The molecule has 1 saturated carbocycles. The van der Waals surface area contributed by atoms with Crippen LogP contribution in [0.3, 0.4) is 0 Å². The van der Waals surface area contributed by atoms with E-state index in [4.69, 9.17) is 0 Å². The van der Waals surface area contributed by atoms with Crippen LogP contribution < -0.4 is 10.2 Å². The number of aromatic nitrogens is 1. The second-order valence-corrected chi connectivity index (χ2v) is 7.89. The predicted molar refractivity (Wildman–Crippen MR) is 96.6 cm³/mol. The van der Waals surface area contributed by atoms with Gasteiger partial charge in [-0.15, -0.1) is 0 Å². The standard InChI is InChI=1S/C18H26BrN3O/c1-13-10-15(19)12-20-18(13)22-8-6-14(7-9-22)11-17(23)21-16-4-2-3-5-16/h10,12,14,16H,2-9,11H2,1H3,(H,21,23). The van der Waals surface area contributed by atoms with E-state index < -0.39 is 0 Å². The van der Waals surface area contributed by atoms with Crippen LogP contribution >= 0.6 is 15.9 Å². The normalized spacial score (nSPS) is 20.0. The molecule has 5 heteroatoms. The molecule has 126 valence electrons. The largest absolute Gasteiger partial charge is 0.356 e. The molecule has 1 N–H and O–H groups in total. The summed E-state index contributed by atoms with van der Waals surface area (Å²) in [4.78, 5) is 19.1. The number of nitrogens with zero attached hydrogens (tertiary/aromatic N) is 2. The highest BCUT2D eigenvalue weighted by Gasteiger charge is 2.24. The smallest absolute Gasteiger partial charge is 0.220 e. The average Bonchev–Trinajstić information content (AvgIpc) is 3.01. The van der Waals surface area contributed by atoms with Gasteiger partial charge in [0.25, 0.3) is 0 Å². The molecule has 1 aromatic rings. The van der Waals surface area contributed by atoms with Gasteiger partial charge < -0.3 is 10.2 Å². The molecule has 2 aliphatic rings. The van der Waals surface area contributed by atoms with E-state index in [0.29, 0.717) is 18.4 Å². The van der Waals surface area contributed by atoms with Crippen LogP contribution in [-0.2, 0) is 4.79 Å². The van der Waals surface area contributed by atoms with Crippen molar-refractivity contribution in [1.82, 2.24) is 10.3 Å². The number of carbonyl (C=O) groups is 1. The van der Waals surface area contributed by atoms with Gasteiger partial charge in [-0.05, 0) is 66.1 Å². The molecule has 2 fully saturated rings.